The van der Waals surface area contributed by atoms with Crippen molar-refractivity contribution in [3.63, 3.8) is 0 Å². The number of hydrogen-bond acceptors (Lipinski definition) is 4. The van der Waals surface area contributed by atoms with Gasteiger partial charge in [0.1, 0.15) is 5.75 Å². The third-order valence-corrected chi connectivity index (χ3v) is 4.29. The first-order chi connectivity index (χ1) is 11.4. The summed E-state index contributed by atoms with van der Waals surface area (Å²) in [7, 11) is 0. The van der Waals surface area contributed by atoms with Gasteiger partial charge in [0, 0.05) is 6.07 Å². The molecule has 1 heterocycles. The van der Waals surface area contributed by atoms with Gasteiger partial charge in [-0.3, -0.25) is 4.79 Å². The van der Waals surface area contributed by atoms with Gasteiger partial charge in [-0.15, -0.1) is 13.2 Å². The topological polar surface area (TPSA) is 48.4 Å². The van der Waals surface area contributed by atoms with E-state index in [1.165, 1.54) is 25.3 Å². The van der Waals surface area contributed by atoms with Crippen LogP contribution in [-0.4, -0.2) is 17.3 Å². The number of esters is 1. The summed E-state index contributed by atoms with van der Waals surface area (Å²) in [6.45, 7) is 2.17. The van der Waals surface area contributed by atoms with E-state index in [1.54, 1.807) is 0 Å². The van der Waals surface area contributed by atoms with E-state index in [0.29, 0.717) is 5.92 Å². The van der Waals surface area contributed by atoms with Crippen LogP contribution in [-0.2, 0) is 4.79 Å². The van der Waals surface area contributed by atoms with E-state index in [2.05, 4.69) is 16.6 Å². The number of halogens is 3. The van der Waals surface area contributed by atoms with Crippen LogP contribution in [0.2, 0.25) is 0 Å². The normalized spacial score (nSPS) is 21.3. The van der Waals surface area contributed by atoms with E-state index in [4.69, 9.17) is 4.74 Å². The lowest BCUT2D eigenvalue weighted by Crippen LogP contribution is -2.25. The summed E-state index contributed by atoms with van der Waals surface area (Å²) in [5.74, 6) is -0.250. The number of aromatic nitrogens is 1. The SMILES string of the molecule is CCCCC1CCC(C(=O)Oc2ccc(OC(F)(F)F)nc2)CC1. The highest BCUT2D eigenvalue weighted by atomic mass is 19.4. The van der Waals surface area contributed by atoms with E-state index in [9.17, 15) is 18.0 Å². The Labute approximate surface area is 139 Å². The van der Waals surface area contributed by atoms with Crippen LogP contribution in [0.1, 0.15) is 51.9 Å². The van der Waals surface area contributed by atoms with Crippen molar-refractivity contribution < 1.29 is 27.4 Å². The molecule has 0 aliphatic heterocycles. The van der Waals surface area contributed by atoms with E-state index in [1.807, 2.05) is 0 Å². The zero-order valence-electron chi connectivity index (χ0n) is 13.6. The largest absolute Gasteiger partial charge is 0.574 e. The molecule has 1 saturated carbocycles. The summed E-state index contributed by atoms with van der Waals surface area (Å²) in [5, 5.41) is 0. The van der Waals surface area contributed by atoms with Crippen molar-refractivity contribution in [2.45, 2.75) is 58.2 Å². The van der Waals surface area contributed by atoms with Crippen LogP contribution in [0.25, 0.3) is 0 Å². The number of alkyl halides is 3. The predicted molar refractivity (Wildman–Crippen MR) is 81.5 cm³/mol. The molecule has 1 aliphatic rings. The van der Waals surface area contributed by atoms with Crippen LogP contribution < -0.4 is 9.47 Å². The molecule has 0 saturated heterocycles. The average molecular weight is 345 g/mol. The molecule has 0 radical (unpaired) electrons. The number of rotatable bonds is 6. The van der Waals surface area contributed by atoms with Gasteiger partial charge in [-0.2, -0.15) is 0 Å². The van der Waals surface area contributed by atoms with Crippen molar-refractivity contribution in [2.75, 3.05) is 0 Å². The lowest BCUT2D eigenvalue weighted by atomic mass is 9.80. The van der Waals surface area contributed by atoms with Gasteiger partial charge in [0.2, 0.25) is 5.88 Å². The second-order valence-corrected chi connectivity index (χ2v) is 6.16. The Hall–Kier alpha value is -1.79. The smallest absolute Gasteiger partial charge is 0.425 e. The molecule has 1 aliphatic carbocycles. The summed E-state index contributed by atoms with van der Waals surface area (Å²) in [6.07, 6.45) is 3.54. The van der Waals surface area contributed by atoms with Crippen molar-refractivity contribution in [2.24, 2.45) is 11.8 Å². The second kappa shape index (κ2) is 8.35. The summed E-state index contributed by atoms with van der Waals surface area (Å²) in [4.78, 5) is 15.6. The Morgan fingerprint density at radius 3 is 2.50 bits per heavy atom. The fourth-order valence-corrected chi connectivity index (χ4v) is 2.99. The molecule has 4 nitrogen and oxygen atoms in total. The Bertz CT molecular complexity index is 523. The molecule has 1 aromatic heterocycles. The first-order valence-corrected chi connectivity index (χ1v) is 8.31. The van der Waals surface area contributed by atoms with Gasteiger partial charge in [0.05, 0.1) is 12.1 Å². The van der Waals surface area contributed by atoms with Crippen molar-refractivity contribution in [1.82, 2.24) is 4.98 Å². The van der Waals surface area contributed by atoms with E-state index in [-0.39, 0.29) is 17.6 Å². The lowest BCUT2D eigenvalue weighted by Gasteiger charge is -2.27. The molecular formula is C17H22F3NO3. The highest BCUT2D eigenvalue weighted by Crippen LogP contribution is 2.33. The minimum Gasteiger partial charge on any atom is -0.425 e. The maximum Gasteiger partial charge on any atom is 0.574 e. The summed E-state index contributed by atoms with van der Waals surface area (Å²) in [6, 6.07) is 2.27. The zero-order chi connectivity index (χ0) is 17.6. The number of pyridine rings is 1. The Morgan fingerprint density at radius 1 is 1.25 bits per heavy atom. The van der Waals surface area contributed by atoms with E-state index >= 15 is 0 Å². The standard InChI is InChI=1S/C17H22F3NO3/c1-2-3-4-12-5-7-13(8-6-12)16(22)23-14-9-10-15(21-11-14)24-17(18,19)20/h9-13H,2-8H2,1H3. The third-order valence-electron chi connectivity index (χ3n) is 4.29. The Morgan fingerprint density at radius 2 is 1.96 bits per heavy atom. The van der Waals surface area contributed by atoms with Crippen LogP contribution in [0.3, 0.4) is 0 Å². The second-order valence-electron chi connectivity index (χ2n) is 6.16. The van der Waals surface area contributed by atoms with E-state index < -0.39 is 12.2 Å². The van der Waals surface area contributed by atoms with Crippen LogP contribution in [0, 0.1) is 11.8 Å². The maximum atomic E-state index is 12.1. The van der Waals surface area contributed by atoms with Gasteiger partial charge in [-0.25, -0.2) is 4.98 Å². The minimum absolute atomic E-state index is 0.127. The van der Waals surface area contributed by atoms with Crippen LogP contribution >= 0.6 is 0 Å². The van der Waals surface area contributed by atoms with Gasteiger partial charge in [0.15, 0.2) is 0 Å². The highest BCUT2D eigenvalue weighted by molar-refractivity contribution is 5.75. The number of unbranched alkanes of at least 4 members (excludes halogenated alkanes) is 1. The molecule has 0 bridgehead atoms. The van der Waals surface area contributed by atoms with Crippen molar-refractivity contribution in [1.29, 1.82) is 0 Å². The maximum absolute atomic E-state index is 12.1. The number of nitrogens with zero attached hydrogens (tertiary/aromatic N) is 1. The molecule has 0 atom stereocenters. The molecule has 134 valence electrons. The zero-order valence-corrected chi connectivity index (χ0v) is 13.6. The molecule has 7 heteroatoms. The predicted octanol–water partition coefficient (Wildman–Crippen LogP) is 4.88. The minimum atomic E-state index is -4.79. The van der Waals surface area contributed by atoms with Crippen LogP contribution in [0.4, 0.5) is 13.2 Å². The van der Waals surface area contributed by atoms with Gasteiger partial charge in [-0.05, 0) is 37.7 Å². The molecule has 1 aromatic rings. The monoisotopic (exact) mass is 345 g/mol. The molecule has 0 spiro atoms. The first-order valence-electron chi connectivity index (χ1n) is 8.31. The molecule has 0 N–H and O–H groups in total. The average Bonchev–Trinajstić information content (AvgIpc) is 2.54. The van der Waals surface area contributed by atoms with Crippen LogP contribution in [0.5, 0.6) is 11.6 Å². The Kier molecular flexibility index (Phi) is 6.45. The number of ether oxygens (including phenoxy) is 2. The van der Waals surface area contributed by atoms with Crippen molar-refractivity contribution in [3.05, 3.63) is 18.3 Å². The number of carbonyl (C=O) groups excluding carboxylic acids is 1. The van der Waals surface area contributed by atoms with Gasteiger partial charge < -0.3 is 9.47 Å². The number of hydrogen-bond donors (Lipinski definition) is 0. The van der Waals surface area contributed by atoms with Gasteiger partial charge >= 0.3 is 12.3 Å². The third kappa shape index (κ3) is 6.02. The quantitative estimate of drug-likeness (QED) is 0.689. The summed E-state index contributed by atoms with van der Waals surface area (Å²) < 4.78 is 45.1. The Balaban J connectivity index is 1.80. The molecule has 0 aromatic carbocycles. The molecule has 0 unspecified atom stereocenters. The van der Waals surface area contributed by atoms with Crippen LogP contribution in [0.15, 0.2) is 18.3 Å². The van der Waals surface area contributed by atoms with Crippen molar-refractivity contribution in [3.8, 4) is 11.6 Å². The fourth-order valence-electron chi connectivity index (χ4n) is 2.99. The summed E-state index contributed by atoms with van der Waals surface area (Å²) >= 11 is 0. The highest BCUT2D eigenvalue weighted by Gasteiger charge is 2.32. The molecule has 2 rings (SSSR count). The van der Waals surface area contributed by atoms with Crippen molar-refractivity contribution >= 4 is 5.97 Å². The first kappa shape index (κ1) is 18.5. The van der Waals surface area contributed by atoms with Gasteiger partial charge in [0.25, 0.3) is 0 Å². The molecule has 0 amide bonds. The lowest BCUT2D eigenvalue weighted by molar-refractivity contribution is -0.276. The molecule has 24 heavy (non-hydrogen) atoms. The number of carbonyl (C=O) groups is 1. The van der Waals surface area contributed by atoms with E-state index in [0.717, 1.165) is 37.9 Å². The molecular weight excluding hydrogens is 323 g/mol. The van der Waals surface area contributed by atoms with Gasteiger partial charge in [-0.1, -0.05) is 26.2 Å². The summed E-state index contributed by atoms with van der Waals surface area (Å²) in [5.41, 5.74) is 0. The molecule has 1 fully saturated rings. The fraction of sp³-hybridized carbons (Fsp3) is 0.647.